The van der Waals surface area contributed by atoms with Gasteiger partial charge >= 0.3 is 0 Å². The van der Waals surface area contributed by atoms with Gasteiger partial charge < -0.3 is 5.32 Å². The number of piperidine rings is 1. The minimum absolute atomic E-state index is 0.0158. The van der Waals surface area contributed by atoms with Gasteiger partial charge in [0.1, 0.15) is 0 Å². The highest BCUT2D eigenvalue weighted by atomic mass is 35.5. The lowest BCUT2D eigenvalue weighted by Gasteiger charge is -2.59. The SMILES string of the molecule is CC(=O)Nc1ccc2c(c1)[C@]1(C)C=CC3CC1C(C2)N(CCc1ccc(Cl)cc1)C3C. The van der Waals surface area contributed by atoms with Crippen LogP contribution in [0.1, 0.15) is 43.9 Å². The molecule has 1 saturated heterocycles. The number of hydrogen-bond acceptors (Lipinski definition) is 2. The topological polar surface area (TPSA) is 32.3 Å². The quantitative estimate of drug-likeness (QED) is 0.633. The van der Waals surface area contributed by atoms with Crippen LogP contribution in [-0.2, 0) is 23.1 Å². The fraction of sp³-hybridized carbons (Fsp3) is 0.444. The molecule has 31 heavy (non-hydrogen) atoms. The molecular weight excluding hydrogens is 404 g/mol. The number of carbonyl (C=O) groups is 1. The number of rotatable bonds is 4. The van der Waals surface area contributed by atoms with E-state index in [1.807, 2.05) is 12.1 Å². The summed E-state index contributed by atoms with van der Waals surface area (Å²) in [6, 6.07) is 15.9. The van der Waals surface area contributed by atoms with Gasteiger partial charge in [0.15, 0.2) is 0 Å². The monoisotopic (exact) mass is 434 g/mol. The Bertz CT molecular complexity index is 1030. The highest BCUT2D eigenvalue weighted by Crippen LogP contribution is 2.53. The van der Waals surface area contributed by atoms with Crippen LogP contribution in [0.4, 0.5) is 5.69 Å². The molecule has 2 aliphatic carbocycles. The number of likely N-dealkylation sites (tertiary alicyclic amines) is 1. The van der Waals surface area contributed by atoms with E-state index in [4.69, 9.17) is 11.6 Å². The molecule has 1 aliphatic heterocycles. The van der Waals surface area contributed by atoms with Gasteiger partial charge in [-0.25, -0.2) is 0 Å². The van der Waals surface area contributed by atoms with Crippen molar-refractivity contribution in [3.63, 3.8) is 0 Å². The Balaban J connectivity index is 1.47. The molecule has 3 nitrogen and oxygen atoms in total. The van der Waals surface area contributed by atoms with Crippen molar-refractivity contribution in [1.29, 1.82) is 0 Å². The van der Waals surface area contributed by atoms with Gasteiger partial charge in [-0.2, -0.15) is 0 Å². The minimum Gasteiger partial charge on any atom is -0.326 e. The van der Waals surface area contributed by atoms with Gasteiger partial charge in [-0.3, -0.25) is 9.69 Å². The molecule has 5 atom stereocenters. The maximum Gasteiger partial charge on any atom is 0.221 e. The van der Waals surface area contributed by atoms with E-state index in [9.17, 15) is 4.79 Å². The second-order valence-corrected chi connectivity index (χ2v) is 10.3. The lowest BCUT2D eigenvalue weighted by Crippen LogP contribution is -2.62. The van der Waals surface area contributed by atoms with Crippen molar-refractivity contribution in [2.45, 2.75) is 57.5 Å². The van der Waals surface area contributed by atoms with Gasteiger partial charge in [0.2, 0.25) is 5.91 Å². The van der Waals surface area contributed by atoms with Crippen molar-refractivity contribution in [3.05, 3.63) is 76.3 Å². The second-order valence-electron chi connectivity index (χ2n) is 9.83. The van der Waals surface area contributed by atoms with Crippen LogP contribution in [0, 0.1) is 11.8 Å². The summed E-state index contributed by atoms with van der Waals surface area (Å²) in [5.41, 5.74) is 5.09. The Morgan fingerprint density at radius 2 is 2.00 bits per heavy atom. The van der Waals surface area contributed by atoms with Crippen molar-refractivity contribution < 1.29 is 4.79 Å². The Morgan fingerprint density at radius 3 is 2.74 bits per heavy atom. The van der Waals surface area contributed by atoms with Crippen LogP contribution in [0.3, 0.4) is 0 Å². The molecule has 2 aromatic rings. The van der Waals surface area contributed by atoms with Crippen LogP contribution < -0.4 is 5.32 Å². The molecular formula is C27H31ClN2O. The molecule has 0 spiro atoms. The summed E-state index contributed by atoms with van der Waals surface area (Å²) in [4.78, 5) is 14.4. The number of anilines is 1. The second kappa shape index (κ2) is 7.79. The molecule has 1 heterocycles. The maximum atomic E-state index is 11.6. The maximum absolute atomic E-state index is 11.6. The van der Waals surface area contributed by atoms with Gasteiger partial charge in [0, 0.05) is 41.7 Å². The van der Waals surface area contributed by atoms with E-state index in [0.29, 0.717) is 23.9 Å². The van der Waals surface area contributed by atoms with Crippen molar-refractivity contribution in [2.24, 2.45) is 11.8 Å². The van der Waals surface area contributed by atoms with E-state index >= 15 is 0 Å². The third-order valence-electron chi connectivity index (χ3n) is 8.03. The predicted octanol–water partition coefficient (Wildman–Crippen LogP) is 5.62. The average Bonchev–Trinajstić information content (AvgIpc) is 2.74. The molecule has 3 aliphatic rings. The number of benzene rings is 2. The van der Waals surface area contributed by atoms with E-state index in [1.54, 1.807) is 6.92 Å². The summed E-state index contributed by atoms with van der Waals surface area (Å²) in [6.07, 6.45) is 8.32. The van der Waals surface area contributed by atoms with Gasteiger partial charge in [-0.05, 0) is 79.0 Å². The first-order valence-electron chi connectivity index (χ1n) is 11.5. The third-order valence-corrected chi connectivity index (χ3v) is 8.28. The zero-order chi connectivity index (χ0) is 21.8. The van der Waals surface area contributed by atoms with Crippen LogP contribution in [0.15, 0.2) is 54.6 Å². The van der Waals surface area contributed by atoms with E-state index < -0.39 is 0 Å². The van der Waals surface area contributed by atoms with Crippen LogP contribution in [0.25, 0.3) is 0 Å². The molecule has 0 aromatic heterocycles. The molecule has 2 bridgehead atoms. The Morgan fingerprint density at radius 1 is 1.23 bits per heavy atom. The minimum atomic E-state index is -0.0158. The number of nitrogens with one attached hydrogen (secondary N) is 1. The molecule has 162 valence electrons. The van der Waals surface area contributed by atoms with E-state index in [0.717, 1.165) is 30.1 Å². The number of carbonyl (C=O) groups excluding carboxylic acids is 1. The normalized spacial score (nSPS) is 31.2. The first-order valence-corrected chi connectivity index (χ1v) is 11.8. The lowest BCUT2D eigenvalue weighted by atomic mass is 9.54. The van der Waals surface area contributed by atoms with Crippen molar-refractivity contribution in [3.8, 4) is 0 Å². The zero-order valence-corrected chi connectivity index (χ0v) is 19.3. The first-order chi connectivity index (χ1) is 14.8. The average molecular weight is 435 g/mol. The molecule has 2 aromatic carbocycles. The van der Waals surface area contributed by atoms with Crippen LogP contribution in [0.5, 0.6) is 0 Å². The number of fused-ring (bicyclic) bond motifs is 3. The standard InChI is InChI=1S/C27H31ClN2O/c1-17-20-10-12-27(3)24-16-23(29-18(2)31)9-6-21(24)15-26(25(27)14-20)30(17)13-11-19-4-7-22(28)8-5-19/h4-10,12,16-17,20,25-26H,11,13-15H2,1-3H3,(H,29,31)/t17?,20?,25?,26?,27-/m0/s1. The summed E-state index contributed by atoms with van der Waals surface area (Å²) in [5.74, 6) is 1.20. The number of hydrogen-bond donors (Lipinski definition) is 1. The lowest BCUT2D eigenvalue weighted by molar-refractivity contribution is -0.114. The first kappa shape index (κ1) is 20.8. The van der Waals surface area contributed by atoms with E-state index in [1.165, 1.54) is 23.1 Å². The fourth-order valence-electron chi connectivity index (χ4n) is 6.35. The third kappa shape index (κ3) is 3.62. The largest absolute Gasteiger partial charge is 0.326 e. The smallest absolute Gasteiger partial charge is 0.221 e. The highest BCUT2D eigenvalue weighted by Gasteiger charge is 2.52. The molecule has 1 N–H and O–H groups in total. The van der Waals surface area contributed by atoms with Gasteiger partial charge in [-0.1, -0.05) is 48.9 Å². The highest BCUT2D eigenvalue weighted by molar-refractivity contribution is 6.30. The Hall–Kier alpha value is -2.10. The molecule has 0 radical (unpaired) electrons. The van der Waals surface area contributed by atoms with Crippen LogP contribution in [-0.4, -0.2) is 29.4 Å². The molecule has 4 unspecified atom stereocenters. The number of nitrogens with zero attached hydrogens (tertiary/aromatic N) is 1. The predicted molar refractivity (Wildman–Crippen MR) is 128 cm³/mol. The summed E-state index contributed by atoms with van der Waals surface area (Å²) < 4.78 is 0. The summed E-state index contributed by atoms with van der Waals surface area (Å²) >= 11 is 6.08. The van der Waals surface area contributed by atoms with Crippen LogP contribution in [0.2, 0.25) is 5.02 Å². The molecule has 1 amide bonds. The number of amides is 1. The van der Waals surface area contributed by atoms with Gasteiger partial charge in [0.05, 0.1) is 0 Å². The molecule has 1 fully saturated rings. The fourth-order valence-corrected chi connectivity index (χ4v) is 6.47. The molecule has 0 saturated carbocycles. The summed E-state index contributed by atoms with van der Waals surface area (Å²) in [6.45, 7) is 7.46. The van der Waals surface area contributed by atoms with Crippen molar-refractivity contribution in [1.82, 2.24) is 4.90 Å². The van der Waals surface area contributed by atoms with Gasteiger partial charge in [-0.15, -0.1) is 0 Å². The van der Waals surface area contributed by atoms with E-state index in [-0.39, 0.29) is 11.3 Å². The molecule has 5 rings (SSSR count). The van der Waals surface area contributed by atoms with Crippen molar-refractivity contribution in [2.75, 3.05) is 11.9 Å². The van der Waals surface area contributed by atoms with E-state index in [2.05, 4.69) is 66.5 Å². The summed E-state index contributed by atoms with van der Waals surface area (Å²) in [7, 11) is 0. The zero-order valence-electron chi connectivity index (χ0n) is 18.6. The van der Waals surface area contributed by atoms with Crippen LogP contribution >= 0.6 is 11.6 Å². The summed E-state index contributed by atoms with van der Waals surface area (Å²) in [5, 5.41) is 3.78. The molecule has 4 heteroatoms. The number of allylic oxidation sites excluding steroid dienone is 1. The van der Waals surface area contributed by atoms with Gasteiger partial charge in [0.25, 0.3) is 0 Å². The number of halogens is 1. The Kier molecular flexibility index (Phi) is 5.22. The van der Waals surface area contributed by atoms with Crippen molar-refractivity contribution >= 4 is 23.2 Å². The Labute approximate surface area is 190 Å².